The number of furan rings is 1. The van der Waals surface area contributed by atoms with Crippen molar-refractivity contribution in [3.8, 4) is 0 Å². The molecule has 96 valence electrons. The molecule has 1 aromatic heterocycles. The highest BCUT2D eigenvalue weighted by atomic mass is 16.3. The molecule has 0 radical (unpaired) electrons. The summed E-state index contributed by atoms with van der Waals surface area (Å²) in [6.45, 7) is 7.43. The van der Waals surface area contributed by atoms with Crippen LogP contribution in [0.5, 0.6) is 0 Å². The molecule has 0 amide bonds. The normalized spacial score (nSPS) is 23.1. The molecule has 4 heteroatoms. The molecule has 1 atom stereocenters. The first-order chi connectivity index (χ1) is 8.19. The molecule has 0 aliphatic carbocycles. The van der Waals surface area contributed by atoms with Gasteiger partial charge in [-0.2, -0.15) is 0 Å². The van der Waals surface area contributed by atoms with Crippen molar-refractivity contribution in [2.24, 2.45) is 0 Å². The van der Waals surface area contributed by atoms with Crippen molar-refractivity contribution in [3.63, 3.8) is 0 Å². The smallest absolute Gasteiger partial charge is 0.118 e. The van der Waals surface area contributed by atoms with Gasteiger partial charge in [-0.3, -0.25) is 4.90 Å². The number of nitrogens with zero attached hydrogens (tertiary/aromatic N) is 2. The fraction of sp³-hybridized carbons (Fsp3) is 0.692. The highest BCUT2D eigenvalue weighted by Gasteiger charge is 2.22. The van der Waals surface area contributed by atoms with Gasteiger partial charge in [0, 0.05) is 25.7 Å². The molecule has 1 aliphatic rings. The summed E-state index contributed by atoms with van der Waals surface area (Å²) in [7, 11) is 4.12. The lowest BCUT2D eigenvalue weighted by molar-refractivity contribution is 0.0871. The van der Waals surface area contributed by atoms with Crippen molar-refractivity contribution in [1.29, 1.82) is 0 Å². The Labute approximate surface area is 104 Å². The third-order valence-corrected chi connectivity index (χ3v) is 3.40. The maximum Gasteiger partial charge on any atom is 0.118 e. The van der Waals surface area contributed by atoms with E-state index in [1.54, 1.807) is 0 Å². The molecule has 1 N–H and O–H groups in total. The Hall–Kier alpha value is -0.840. The van der Waals surface area contributed by atoms with E-state index in [-0.39, 0.29) is 0 Å². The minimum atomic E-state index is 0.603. The van der Waals surface area contributed by atoms with Crippen molar-refractivity contribution in [2.45, 2.75) is 26.1 Å². The zero-order valence-corrected chi connectivity index (χ0v) is 11.1. The Bertz CT molecular complexity index is 350. The van der Waals surface area contributed by atoms with Crippen LogP contribution in [0.1, 0.15) is 18.4 Å². The molecule has 4 nitrogen and oxygen atoms in total. The van der Waals surface area contributed by atoms with Crippen molar-refractivity contribution < 1.29 is 4.42 Å². The number of nitrogens with one attached hydrogen (secondary N) is 1. The number of piperazine rings is 1. The zero-order chi connectivity index (χ0) is 12.3. The van der Waals surface area contributed by atoms with Crippen molar-refractivity contribution in [3.05, 3.63) is 23.7 Å². The SMILES string of the molecule is CNCc1ccc(CN2CCN(C)CC2C)o1. The number of likely N-dealkylation sites (N-methyl/N-ethyl adjacent to an activating group) is 1. The van der Waals surface area contributed by atoms with Gasteiger partial charge in [0.1, 0.15) is 11.5 Å². The predicted octanol–water partition coefficient (Wildman–Crippen LogP) is 1.13. The van der Waals surface area contributed by atoms with E-state index in [1.807, 2.05) is 7.05 Å². The maximum absolute atomic E-state index is 5.78. The van der Waals surface area contributed by atoms with Gasteiger partial charge < -0.3 is 14.6 Å². The summed E-state index contributed by atoms with van der Waals surface area (Å²) < 4.78 is 5.78. The zero-order valence-electron chi connectivity index (χ0n) is 11.1. The molecule has 0 spiro atoms. The Morgan fingerprint density at radius 3 is 2.82 bits per heavy atom. The van der Waals surface area contributed by atoms with Gasteiger partial charge in [0.05, 0.1) is 13.1 Å². The minimum Gasteiger partial charge on any atom is -0.463 e. The lowest BCUT2D eigenvalue weighted by Crippen LogP contribution is -2.49. The summed E-state index contributed by atoms with van der Waals surface area (Å²) >= 11 is 0. The summed E-state index contributed by atoms with van der Waals surface area (Å²) in [5.41, 5.74) is 0. The average molecular weight is 237 g/mol. The highest BCUT2D eigenvalue weighted by Crippen LogP contribution is 2.15. The van der Waals surface area contributed by atoms with Gasteiger partial charge >= 0.3 is 0 Å². The van der Waals surface area contributed by atoms with Crippen LogP contribution in [0.25, 0.3) is 0 Å². The van der Waals surface area contributed by atoms with Gasteiger partial charge in [-0.25, -0.2) is 0 Å². The van der Waals surface area contributed by atoms with Crippen LogP contribution in [-0.4, -0.2) is 49.6 Å². The van der Waals surface area contributed by atoms with E-state index in [0.717, 1.165) is 44.2 Å². The van der Waals surface area contributed by atoms with E-state index in [2.05, 4.69) is 41.2 Å². The fourth-order valence-electron chi connectivity index (χ4n) is 2.39. The second-order valence-electron chi connectivity index (χ2n) is 4.98. The van der Waals surface area contributed by atoms with E-state index in [4.69, 9.17) is 4.42 Å². The number of rotatable bonds is 4. The standard InChI is InChI=1S/C13H23N3O/c1-11-9-15(3)6-7-16(11)10-13-5-4-12(17-13)8-14-2/h4-5,11,14H,6-10H2,1-3H3. The summed E-state index contributed by atoms with van der Waals surface area (Å²) in [4.78, 5) is 4.87. The van der Waals surface area contributed by atoms with Crippen LogP contribution in [0, 0.1) is 0 Å². The topological polar surface area (TPSA) is 31.6 Å². The molecule has 1 fully saturated rings. The van der Waals surface area contributed by atoms with E-state index in [1.165, 1.54) is 0 Å². The molecule has 1 unspecified atom stereocenters. The minimum absolute atomic E-state index is 0.603. The largest absolute Gasteiger partial charge is 0.463 e. The summed E-state index contributed by atoms with van der Waals surface area (Å²) in [5, 5.41) is 3.10. The van der Waals surface area contributed by atoms with Gasteiger partial charge in [-0.1, -0.05) is 0 Å². The van der Waals surface area contributed by atoms with Gasteiger partial charge in [0.15, 0.2) is 0 Å². The summed E-state index contributed by atoms with van der Waals surface area (Å²) in [5.74, 6) is 2.09. The monoisotopic (exact) mass is 237 g/mol. The van der Waals surface area contributed by atoms with Crippen molar-refractivity contribution >= 4 is 0 Å². The molecule has 2 heterocycles. The van der Waals surface area contributed by atoms with Crippen LogP contribution < -0.4 is 5.32 Å². The number of hydrogen-bond acceptors (Lipinski definition) is 4. The van der Waals surface area contributed by atoms with Gasteiger partial charge in [-0.15, -0.1) is 0 Å². The van der Waals surface area contributed by atoms with Crippen molar-refractivity contribution in [2.75, 3.05) is 33.7 Å². The molecule has 0 aromatic carbocycles. The Morgan fingerprint density at radius 1 is 1.35 bits per heavy atom. The molecular formula is C13H23N3O. The second-order valence-corrected chi connectivity index (χ2v) is 4.98. The van der Waals surface area contributed by atoms with Crippen LogP contribution in [0.4, 0.5) is 0 Å². The molecule has 2 rings (SSSR count). The molecule has 1 aliphatic heterocycles. The average Bonchev–Trinajstić information content (AvgIpc) is 2.71. The highest BCUT2D eigenvalue weighted by molar-refractivity contribution is 5.07. The lowest BCUT2D eigenvalue weighted by Gasteiger charge is -2.37. The molecule has 1 aromatic rings. The Kier molecular flexibility index (Phi) is 4.20. The van der Waals surface area contributed by atoms with E-state index in [0.29, 0.717) is 6.04 Å². The first-order valence-corrected chi connectivity index (χ1v) is 6.34. The van der Waals surface area contributed by atoms with Crippen LogP contribution >= 0.6 is 0 Å². The summed E-state index contributed by atoms with van der Waals surface area (Å²) in [6.07, 6.45) is 0. The van der Waals surface area contributed by atoms with Gasteiger partial charge in [-0.05, 0) is 33.2 Å². The lowest BCUT2D eigenvalue weighted by atomic mass is 10.2. The molecule has 0 bridgehead atoms. The third kappa shape index (κ3) is 3.31. The Morgan fingerprint density at radius 2 is 2.12 bits per heavy atom. The second kappa shape index (κ2) is 5.67. The quantitative estimate of drug-likeness (QED) is 0.851. The predicted molar refractivity (Wildman–Crippen MR) is 68.8 cm³/mol. The van der Waals surface area contributed by atoms with Gasteiger partial charge in [0.25, 0.3) is 0 Å². The van der Waals surface area contributed by atoms with Crippen LogP contribution in [-0.2, 0) is 13.1 Å². The van der Waals surface area contributed by atoms with E-state index in [9.17, 15) is 0 Å². The maximum atomic E-state index is 5.78. The van der Waals surface area contributed by atoms with Crippen molar-refractivity contribution in [1.82, 2.24) is 15.1 Å². The first kappa shape index (κ1) is 12.6. The van der Waals surface area contributed by atoms with Gasteiger partial charge in [0.2, 0.25) is 0 Å². The fourth-order valence-corrected chi connectivity index (χ4v) is 2.39. The van der Waals surface area contributed by atoms with Crippen LogP contribution in [0.2, 0.25) is 0 Å². The Balaban J connectivity index is 1.91. The molecule has 1 saturated heterocycles. The third-order valence-electron chi connectivity index (χ3n) is 3.40. The van der Waals surface area contributed by atoms with E-state index >= 15 is 0 Å². The van der Waals surface area contributed by atoms with E-state index < -0.39 is 0 Å². The number of hydrogen-bond donors (Lipinski definition) is 1. The van der Waals surface area contributed by atoms with Crippen LogP contribution in [0.3, 0.4) is 0 Å². The summed E-state index contributed by atoms with van der Waals surface area (Å²) in [6, 6.07) is 4.76. The molecule has 17 heavy (non-hydrogen) atoms. The van der Waals surface area contributed by atoms with Crippen LogP contribution in [0.15, 0.2) is 16.5 Å². The molecular weight excluding hydrogens is 214 g/mol. The first-order valence-electron chi connectivity index (χ1n) is 6.34. The molecule has 0 saturated carbocycles.